The SMILES string of the molecule is COc1ccc(C[C@](C)(N)C(=O)OC(C)(C)C)cc1OC. The van der Waals surface area contributed by atoms with Gasteiger partial charge in [0.25, 0.3) is 0 Å². The second kappa shape index (κ2) is 6.35. The monoisotopic (exact) mass is 295 g/mol. The van der Waals surface area contributed by atoms with E-state index in [4.69, 9.17) is 19.9 Å². The van der Waals surface area contributed by atoms with Gasteiger partial charge in [-0.3, -0.25) is 4.79 Å². The number of hydrogen-bond donors (Lipinski definition) is 1. The molecule has 0 aliphatic rings. The molecule has 0 heterocycles. The van der Waals surface area contributed by atoms with Crippen molar-refractivity contribution in [3.8, 4) is 11.5 Å². The van der Waals surface area contributed by atoms with Crippen LogP contribution in [-0.4, -0.2) is 31.3 Å². The second-order valence-electron chi connectivity index (χ2n) is 6.29. The molecule has 1 rings (SSSR count). The van der Waals surface area contributed by atoms with Crippen LogP contribution in [0.1, 0.15) is 33.3 Å². The van der Waals surface area contributed by atoms with Gasteiger partial charge >= 0.3 is 5.97 Å². The van der Waals surface area contributed by atoms with Crippen LogP contribution in [0, 0.1) is 0 Å². The van der Waals surface area contributed by atoms with E-state index in [1.54, 1.807) is 27.2 Å². The number of nitrogens with two attached hydrogens (primary N) is 1. The summed E-state index contributed by atoms with van der Waals surface area (Å²) in [4.78, 5) is 12.2. The number of hydrogen-bond acceptors (Lipinski definition) is 5. The van der Waals surface area contributed by atoms with Crippen LogP contribution in [0.5, 0.6) is 11.5 Å². The van der Waals surface area contributed by atoms with Crippen molar-refractivity contribution in [2.75, 3.05) is 14.2 Å². The molecule has 5 heteroatoms. The van der Waals surface area contributed by atoms with Gasteiger partial charge in [-0.25, -0.2) is 0 Å². The molecule has 21 heavy (non-hydrogen) atoms. The van der Waals surface area contributed by atoms with Gasteiger partial charge in [0.1, 0.15) is 11.1 Å². The van der Waals surface area contributed by atoms with Crippen LogP contribution in [0.2, 0.25) is 0 Å². The number of methoxy groups -OCH3 is 2. The number of esters is 1. The van der Waals surface area contributed by atoms with E-state index in [2.05, 4.69) is 0 Å². The minimum Gasteiger partial charge on any atom is -0.493 e. The van der Waals surface area contributed by atoms with E-state index in [-0.39, 0.29) is 0 Å². The average Bonchev–Trinajstić information content (AvgIpc) is 2.36. The zero-order valence-corrected chi connectivity index (χ0v) is 13.6. The largest absolute Gasteiger partial charge is 0.493 e. The summed E-state index contributed by atoms with van der Waals surface area (Å²) in [7, 11) is 3.14. The van der Waals surface area contributed by atoms with E-state index in [0.717, 1.165) is 5.56 Å². The van der Waals surface area contributed by atoms with E-state index >= 15 is 0 Å². The van der Waals surface area contributed by atoms with Crippen molar-refractivity contribution in [2.24, 2.45) is 5.73 Å². The first-order chi connectivity index (χ1) is 9.59. The third kappa shape index (κ3) is 4.93. The molecule has 0 saturated heterocycles. The third-order valence-corrected chi connectivity index (χ3v) is 2.88. The van der Waals surface area contributed by atoms with Gasteiger partial charge in [0.2, 0.25) is 0 Å². The maximum absolute atomic E-state index is 12.2. The molecular weight excluding hydrogens is 270 g/mol. The van der Waals surface area contributed by atoms with E-state index in [9.17, 15) is 4.79 Å². The zero-order chi connectivity index (χ0) is 16.3. The first kappa shape index (κ1) is 17.3. The quantitative estimate of drug-likeness (QED) is 0.844. The Hall–Kier alpha value is -1.75. The molecule has 0 fully saturated rings. The Morgan fingerprint density at radius 1 is 1.10 bits per heavy atom. The average molecular weight is 295 g/mol. The number of ether oxygens (including phenoxy) is 3. The molecule has 0 unspecified atom stereocenters. The van der Waals surface area contributed by atoms with Gasteiger partial charge in [-0.15, -0.1) is 0 Å². The molecule has 0 saturated carbocycles. The van der Waals surface area contributed by atoms with Gasteiger partial charge in [0.15, 0.2) is 11.5 Å². The first-order valence-electron chi connectivity index (χ1n) is 6.82. The predicted octanol–water partition coefficient (Wildman–Crippen LogP) is 2.31. The van der Waals surface area contributed by atoms with Crippen molar-refractivity contribution >= 4 is 5.97 Å². The van der Waals surface area contributed by atoms with E-state index in [1.807, 2.05) is 32.9 Å². The van der Waals surface area contributed by atoms with Crippen molar-refractivity contribution in [3.05, 3.63) is 23.8 Å². The Labute approximate surface area is 126 Å². The lowest BCUT2D eigenvalue weighted by Crippen LogP contribution is -2.50. The zero-order valence-electron chi connectivity index (χ0n) is 13.6. The molecular formula is C16H25NO4. The molecule has 1 atom stereocenters. The van der Waals surface area contributed by atoms with Crippen LogP contribution in [0.4, 0.5) is 0 Å². The maximum Gasteiger partial charge on any atom is 0.326 e. The van der Waals surface area contributed by atoms with Crippen LogP contribution in [-0.2, 0) is 16.0 Å². The molecule has 1 aromatic carbocycles. The Kier molecular flexibility index (Phi) is 5.23. The molecule has 0 aromatic heterocycles. The fraction of sp³-hybridized carbons (Fsp3) is 0.562. The van der Waals surface area contributed by atoms with Gasteiger partial charge in [-0.05, 0) is 45.4 Å². The standard InChI is InChI=1S/C16H25NO4/c1-15(2,3)21-14(18)16(4,17)10-11-7-8-12(19-5)13(9-11)20-6/h7-9H,10,17H2,1-6H3/t16-/m0/s1. The Balaban J connectivity index is 2.91. The summed E-state index contributed by atoms with van der Waals surface area (Å²) < 4.78 is 15.8. The van der Waals surface area contributed by atoms with E-state index in [0.29, 0.717) is 17.9 Å². The Morgan fingerprint density at radius 3 is 2.14 bits per heavy atom. The minimum absolute atomic E-state index is 0.349. The molecule has 0 spiro atoms. The van der Waals surface area contributed by atoms with Crippen molar-refractivity contribution in [3.63, 3.8) is 0 Å². The highest BCUT2D eigenvalue weighted by molar-refractivity contribution is 5.80. The second-order valence-corrected chi connectivity index (χ2v) is 6.29. The molecule has 0 bridgehead atoms. The molecule has 0 amide bonds. The molecule has 1 aromatic rings. The lowest BCUT2D eigenvalue weighted by Gasteiger charge is -2.28. The highest BCUT2D eigenvalue weighted by Gasteiger charge is 2.33. The van der Waals surface area contributed by atoms with Crippen molar-refractivity contribution < 1.29 is 19.0 Å². The molecule has 2 N–H and O–H groups in total. The Morgan fingerprint density at radius 2 is 1.67 bits per heavy atom. The van der Waals surface area contributed by atoms with Crippen LogP contribution in [0.3, 0.4) is 0 Å². The fourth-order valence-electron chi connectivity index (χ4n) is 1.88. The smallest absolute Gasteiger partial charge is 0.326 e. The first-order valence-corrected chi connectivity index (χ1v) is 6.82. The van der Waals surface area contributed by atoms with Crippen LogP contribution in [0.15, 0.2) is 18.2 Å². The molecule has 118 valence electrons. The van der Waals surface area contributed by atoms with Crippen molar-refractivity contribution in [1.29, 1.82) is 0 Å². The van der Waals surface area contributed by atoms with Gasteiger partial charge in [0, 0.05) is 6.42 Å². The molecule has 0 radical (unpaired) electrons. The van der Waals surface area contributed by atoms with Crippen LogP contribution < -0.4 is 15.2 Å². The summed E-state index contributed by atoms with van der Waals surface area (Å²) >= 11 is 0. The maximum atomic E-state index is 12.2. The normalized spacial score (nSPS) is 14.2. The Bertz CT molecular complexity index is 503. The van der Waals surface area contributed by atoms with Gasteiger partial charge in [-0.2, -0.15) is 0 Å². The molecule has 0 aliphatic heterocycles. The van der Waals surface area contributed by atoms with E-state index in [1.165, 1.54) is 0 Å². The van der Waals surface area contributed by atoms with Crippen molar-refractivity contribution in [2.45, 2.75) is 45.3 Å². The summed E-state index contributed by atoms with van der Waals surface area (Å²) in [5, 5.41) is 0. The van der Waals surface area contributed by atoms with Crippen LogP contribution >= 0.6 is 0 Å². The summed E-state index contributed by atoms with van der Waals surface area (Å²) in [6.07, 6.45) is 0.349. The number of carbonyl (C=O) groups excluding carboxylic acids is 1. The van der Waals surface area contributed by atoms with Gasteiger partial charge in [-0.1, -0.05) is 6.07 Å². The predicted molar refractivity (Wildman–Crippen MR) is 81.7 cm³/mol. The summed E-state index contributed by atoms with van der Waals surface area (Å²) in [5.41, 5.74) is 5.33. The summed E-state index contributed by atoms with van der Waals surface area (Å²) in [5.74, 6) is 0.817. The van der Waals surface area contributed by atoms with Gasteiger partial charge < -0.3 is 19.9 Å². The highest BCUT2D eigenvalue weighted by Crippen LogP contribution is 2.29. The highest BCUT2D eigenvalue weighted by atomic mass is 16.6. The molecule has 0 aliphatic carbocycles. The third-order valence-electron chi connectivity index (χ3n) is 2.88. The fourth-order valence-corrected chi connectivity index (χ4v) is 1.88. The lowest BCUT2D eigenvalue weighted by molar-refractivity contribution is -0.160. The van der Waals surface area contributed by atoms with Crippen molar-refractivity contribution in [1.82, 2.24) is 0 Å². The minimum atomic E-state index is -1.10. The van der Waals surface area contributed by atoms with E-state index < -0.39 is 17.1 Å². The van der Waals surface area contributed by atoms with Gasteiger partial charge in [0.05, 0.1) is 14.2 Å². The summed E-state index contributed by atoms with van der Waals surface area (Å²) in [6.45, 7) is 7.12. The lowest BCUT2D eigenvalue weighted by atomic mass is 9.93. The van der Waals surface area contributed by atoms with Crippen LogP contribution in [0.25, 0.3) is 0 Å². The number of rotatable bonds is 5. The number of carbonyl (C=O) groups is 1. The number of benzene rings is 1. The molecule has 5 nitrogen and oxygen atoms in total. The topological polar surface area (TPSA) is 70.8 Å². The summed E-state index contributed by atoms with van der Waals surface area (Å²) in [6, 6.07) is 5.46.